The molecule has 6 nitrogen and oxygen atoms in total. The maximum Gasteiger partial charge on any atom is 0.190 e. The fourth-order valence-corrected chi connectivity index (χ4v) is 5.84. The van der Waals surface area contributed by atoms with Crippen molar-refractivity contribution in [3.05, 3.63) is 29.8 Å². The minimum Gasteiger partial charge on any atom is -0.497 e. The molecule has 1 aromatic rings. The first kappa shape index (κ1) is 17.7. The van der Waals surface area contributed by atoms with Crippen LogP contribution in [0.25, 0.3) is 0 Å². The molecule has 152 valence electrons. The van der Waals surface area contributed by atoms with Crippen LogP contribution in [-0.4, -0.2) is 50.2 Å². The molecule has 7 unspecified atom stereocenters. The van der Waals surface area contributed by atoms with Crippen molar-refractivity contribution in [3.63, 3.8) is 0 Å². The first-order valence-corrected chi connectivity index (χ1v) is 10.7. The Balaban J connectivity index is 1.25. The summed E-state index contributed by atoms with van der Waals surface area (Å²) in [4.78, 5) is 0. The van der Waals surface area contributed by atoms with Crippen LogP contribution in [0.3, 0.4) is 0 Å². The summed E-state index contributed by atoms with van der Waals surface area (Å²) in [6.45, 7) is 0.692. The van der Waals surface area contributed by atoms with Gasteiger partial charge in [0.15, 0.2) is 12.1 Å². The molecule has 1 aromatic carbocycles. The Kier molecular flexibility index (Phi) is 4.21. The molecule has 4 saturated heterocycles. The largest absolute Gasteiger partial charge is 0.497 e. The minimum atomic E-state index is -0.446. The molecule has 6 heteroatoms. The highest BCUT2D eigenvalue weighted by atomic mass is 16.8. The number of rotatable bonds is 2. The van der Waals surface area contributed by atoms with Gasteiger partial charge in [-0.3, -0.25) is 0 Å². The van der Waals surface area contributed by atoms with E-state index >= 15 is 0 Å². The summed E-state index contributed by atoms with van der Waals surface area (Å²) in [6.07, 6.45) is 5.89. The summed E-state index contributed by atoms with van der Waals surface area (Å²) >= 11 is 0. The van der Waals surface area contributed by atoms with E-state index in [1.165, 1.54) is 6.42 Å². The number of benzene rings is 1. The molecule has 0 N–H and O–H groups in total. The topological polar surface area (TPSA) is 55.4 Å². The van der Waals surface area contributed by atoms with Gasteiger partial charge in [0, 0.05) is 25.4 Å². The third kappa shape index (κ3) is 2.66. The quantitative estimate of drug-likeness (QED) is 0.775. The predicted molar refractivity (Wildman–Crippen MR) is 98.9 cm³/mol. The lowest BCUT2D eigenvalue weighted by Crippen LogP contribution is -2.40. The number of hydrogen-bond donors (Lipinski definition) is 0. The summed E-state index contributed by atoms with van der Waals surface area (Å²) in [5.74, 6) is 0.540. The van der Waals surface area contributed by atoms with E-state index in [1.807, 2.05) is 12.1 Å². The van der Waals surface area contributed by atoms with E-state index in [9.17, 15) is 0 Å². The van der Waals surface area contributed by atoms with Crippen LogP contribution < -0.4 is 4.74 Å². The minimum absolute atomic E-state index is 0.0579. The Hall–Kier alpha value is -1.18. The van der Waals surface area contributed by atoms with E-state index in [-0.39, 0.29) is 42.7 Å². The normalized spacial score (nSPS) is 43.5. The molecule has 0 amide bonds. The molecule has 4 aliphatic heterocycles. The van der Waals surface area contributed by atoms with Crippen LogP contribution in [0.4, 0.5) is 0 Å². The van der Waals surface area contributed by atoms with Gasteiger partial charge in [0.25, 0.3) is 0 Å². The van der Waals surface area contributed by atoms with E-state index in [1.54, 1.807) is 7.11 Å². The molecule has 28 heavy (non-hydrogen) atoms. The van der Waals surface area contributed by atoms with Crippen LogP contribution in [0, 0.1) is 5.92 Å². The molecule has 0 aromatic heterocycles. The van der Waals surface area contributed by atoms with Crippen LogP contribution in [0.2, 0.25) is 0 Å². The molecular weight excluding hydrogens is 360 g/mol. The zero-order valence-corrected chi connectivity index (χ0v) is 16.3. The summed E-state index contributed by atoms with van der Waals surface area (Å²) in [7, 11) is 1.69. The Labute approximate surface area is 165 Å². The fourth-order valence-electron chi connectivity index (χ4n) is 5.84. The van der Waals surface area contributed by atoms with E-state index in [0.29, 0.717) is 6.61 Å². The Morgan fingerprint density at radius 3 is 2.75 bits per heavy atom. The Morgan fingerprint density at radius 2 is 1.89 bits per heavy atom. The second-order valence-electron chi connectivity index (χ2n) is 8.71. The molecule has 1 saturated carbocycles. The molecule has 4 heterocycles. The number of hydrogen-bond acceptors (Lipinski definition) is 6. The van der Waals surface area contributed by atoms with Gasteiger partial charge in [-0.05, 0) is 37.0 Å². The second-order valence-corrected chi connectivity index (χ2v) is 8.71. The molecule has 5 aliphatic rings. The van der Waals surface area contributed by atoms with Crippen molar-refractivity contribution in [1.82, 2.24) is 0 Å². The highest BCUT2D eigenvalue weighted by Gasteiger charge is 2.65. The van der Waals surface area contributed by atoms with Gasteiger partial charge in [0.05, 0.1) is 25.4 Å². The van der Waals surface area contributed by atoms with Crippen LogP contribution in [0.1, 0.15) is 50.2 Å². The van der Waals surface area contributed by atoms with E-state index < -0.39 is 5.79 Å². The first-order valence-electron chi connectivity index (χ1n) is 10.7. The molecular formula is C22H28O6. The van der Waals surface area contributed by atoms with Crippen molar-refractivity contribution in [1.29, 1.82) is 0 Å². The summed E-state index contributed by atoms with van der Waals surface area (Å²) in [6, 6.07) is 8.13. The van der Waals surface area contributed by atoms with Gasteiger partial charge in [-0.2, -0.15) is 0 Å². The van der Waals surface area contributed by atoms with Gasteiger partial charge >= 0.3 is 0 Å². The van der Waals surface area contributed by atoms with Crippen molar-refractivity contribution in [3.8, 4) is 5.75 Å². The van der Waals surface area contributed by atoms with Gasteiger partial charge in [-0.15, -0.1) is 0 Å². The Bertz CT molecular complexity index is 731. The third-order valence-electron chi connectivity index (χ3n) is 7.12. The SMILES string of the molecule is COc1cccc(C2OCCC3OC4C5OC6(CCCCC6)OC5OC4C32)c1. The van der Waals surface area contributed by atoms with Crippen LogP contribution >= 0.6 is 0 Å². The smallest absolute Gasteiger partial charge is 0.190 e. The molecule has 7 atom stereocenters. The van der Waals surface area contributed by atoms with Gasteiger partial charge in [0.2, 0.25) is 0 Å². The maximum atomic E-state index is 6.50. The van der Waals surface area contributed by atoms with Gasteiger partial charge in [0.1, 0.15) is 18.0 Å². The maximum absolute atomic E-state index is 6.50. The zero-order valence-electron chi connectivity index (χ0n) is 16.3. The summed E-state index contributed by atoms with van der Waals surface area (Å²) < 4.78 is 37.4. The summed E-state index contributed by atoms with van der Waals surface area (Å²) in [5.41, 5.74) is 1.12. The van der Waals surface area contributed by atoms with E-state index in [4.69, 9.17) is 28.4 Å². The molecule has 0 bridgehead atoms. The lowest BCUT2D eigenvalue weighted by atomic mass is 9.83. The molecule has 6 rings (SSSR count). The average molecular weight is 388 g/mol. The number of methoxy groups -OCH3 is 1. The average Bonchev–Trinajstić information content (AvgIpc) is 3.36. The number of fused-ring (bicyclic) bond motifs is 5. The fraction of sp³-hybridized carbons (Fsp3) is 0.727. The van der Waals surface area contributed by atoms with E-state index in [2.05, 4.69) is 12.1 Å². The molecule has 0 radical (unpaired) electrons. The predicted octanol–water partition coefficient (Wildman–Crippen LogP) is 3.34. The van der Waals surface area contributed by atoms with Gasteiger partial charge < -0.3 is 28.4 Å². The van der Waals surface area contributed by atoms with Gasteiger partial charge in [-0.25, -0.2) is 0 Å². The third-order valence-corrected chi connectivity index (χ3v) is 7.12. The highest BCUT2D eigenvalue weighted by molar-refractivity contribution is 5.31. The lowest BCUT2D eigenvalue weighted by Gasteiger charge is -2.36. The van der Waals surface area contributed by atoms with Crippen LogP contribution in [-0.2, 0) is 23.7 Å². The van der Waals surface area contributed by atoms with Crippen molar-refractivity contribution >= 4 is 0 Å². The van der Waals surface area contributed by atoms with E-state index in [0.717, 1.165) is 43.4 Å². The monoisotopic (exact) mass is 388 g/mol. The van der Waals surface area contributed by atoms with Crippen molar-refractivity contribution < 1.29 is 28.4 Å². The van der Waals surface area contributed by atoms with Gasteiger partial charge in [-0.1, -0.05) is 18.6 Å². The summed E-state index contributed by atoms with van der Waals surface area (Å²) in [5, 5.41) is 0. The Morgan fingerprint density at radius 1 is 1.00 bits per heavy atom. The standard InChI is InChI=1S/C22H28O6/c1-23-14-7-5-6-13(12-14)17-16-15(8-11-24-17)25-19-18(16)26-21-20(19)27-22(28-21)9-3-2-4-10-22/h5-7,12,15-21H,2-4,8-11H2,1H3. The lowest BCUT2D eigenvalue weighted by molar-refractivity contribution is -0.245. The number of ether oxygens (including phenoxy) is 6. The molecule has 1 spiro atoms. The van der Waals surface area contributed by atoms with Crippen molar-refractivity contribution in [2.45, 2.75) is 81.1 Å². The zero-order chi connectivity index (χ0) is 18.7. The highest BCUT2D eigenvalue weighted by Crippen LogP contribution is 2.54. The van der Waals surface area contributed by atoms with Crippen LogP contribution in [0.15, 0.2) is 24.3 Å². The van der Waals surface area contributed by atoms with Crippen molar-refractivity contribution in [2.75, 3.05) is 13.7 Å². The van der Waals surface area contributed by atoms with Crippen LogP contribution in [0.5, 0.6) is 5.75 Å². The second kappa shape index (κ2) is 6.67. The first-order chi connectivity index (χ1) is 13.8. The van der Waals surface area contributed by atoms with Crippen molar-refractivity contribution in [2.24, 2.45) is 5.92 Å². The molecule has 5 fully saturated rings. The molecule has 1 aliphatic carbocycles.